The van der Waals surface area contributed by atoms with Gasteiger partial charge in [-0.2, -0.15) is 0 Å². The SMILES string of the molecule is C[C@@H]1OC(O)[C@@H](OCc2ccccc2)[C@H](OCc2ccccc2)[C@H]1OCc1ccccc1. The Morgan fingerprint density at radius 3 is 1.41 bits per heavy atom. The van der Waals surface area contributed by atoms with Crippen molar-refractivity contribution in [1.29, 1.82) is 0 Å². The zero-order valence-electron chi connectivity index (χ0n) is 18.2. The average molecular weight is 435 g/mol. The summed E-state index contributed by atoms with van der Waals surface area (Å²) < 4.78 is 24.5. The maximum Gasteiger partial charge on any atom is 0.184 e. The third-order valence-corrected chi connectivity index (χ3v) is 5.60. The highest BCUT2D eigenvalue weighted by atomic mass is 16.7. The van der Waals surface area contributed by atoms with Gasteiger partial charge in [0.1, 0.15) is 18.3 Å². The van der Waals surface area contributed by atoms with Crippen LogP contribution in [0.25, 0.3) is 0 Å². The first-order valence-electron chi connectivity index (χ1n) is 11.0. The number of benzene rings is 3. The first-order chi connectivity index (χ1) is 15.7. The summed E-state index contributed by atoms with van der Waals surface area (Å²) in [5.41, 5.74) is 3.13. The van der Waals surface area contributed by atoms with Gasteiger partial charge in [0.2, 0.25) is 0 Å². The van der Waals surface area contributed by atoms with Gasteiger partial charge >= 0.3 is 0 Å². The van der Waals surface area contributed by atoms with Crippen LogP contribution in [0.4, 0.5) is 0 Å². The molecule has 5 heteroatoms. The molecule has 5 nitrogen and oxygen atoms in total. The Bertz CT molecular complexity index is 863. The van der Waals surface area contributed by atoms with Crippen LogP contribution in [0, 0.1) is 0 Å². The number of hydrogen-bond donors (Lipinski definition) is 1. The largest absolute Gasteiger partial charge is 0.368 e. The topological polar surface area (TPSA) is 57.2 Å². The molecular weight excluding hydrogens is 404 g/mol. The maximum atomic E-state index is 10.7. The Hall–Kier alpha value is -2.54. The molecule has 1 fully saturated rings. The Morgan fingerprint density at radius 2 is 0.969 bits per heavy atom. The molecule has 1 N–H and O–H groups in total. The number of ether oxygens (including phenoxy) is 4. The lowest BCUT2D eigenvalue weighted by atomic mass is 9.98. The Kier molecular flexibility index (Phi) is 8.04. The van der Waals surface area contributed by atoms with Crippen molar-refractivity contribution in [1.82, 2.24) is 0 Å². The minimum Gasteiger partial charge on any atom is -0.368 e. The van der Waals surface area contributed by atoms with Crippen molar-refractivity contribution in [2.45, 2.75) is 57.5 Å². The van der Waals surface area contributed by atoms with E-state index in [1.165, 1.54) is 0 Å². The second-order valence-corrected chi connectivity index (χ2v) is 8.02. The molecule has 4 rings (SSSR count). The van der Waals surface area contributed by atoms with Gasteiger partial charge in [-0.25, -0.2) is 0 Å². The van der Waals surface area contributed by atoms with Gasteiger partial charge in [-0.05, 0) is 23.6 Å². The van der Waals surface area contributed by atoms with Crippen molar-refractivity contribution >= 4 is 0 Å². The number of aliphatic hydroxyl groups excluding tert-OH is 1. The normalized spacial score (nSPS) is 25.5. The fourth-order valence-electron chi connectivity index (χ4n) is 3.89. The van der Waals surface area contributed by atoms with Crippen LogP contribution in [-0.4, -0.2) is 35.8 Å². The van der Waals surface area contributed by atoms with E-state index in [4.69, 9.17) is 18.9 Å². The van der Waals surface area contributed by atoms with Crippen molar-refractivity contribution in [3.8, 4) is 0 Å². The highest BCUT2D eigenvalue weighted by Crippen LogP contribution is 2.29. The quantitative estimate of drug-likeness (QED) is 0.538. The first-order valence-corrected chi connectivity index (χ1v) is 11.0. The average Bonchev–Trinajstić information content (AvgIpc) is 2.83. The molecule has 3 aromatic carbocycles. The van der Waals surface area contributed by atoms with Gasteiger partial charge in [0, 0.05) is 0 Å². The van der Waals surface area contributed by atoms with Gasteiger partial charge < -0.3 is 24.1 Å². The summed E-state index contributed by atoms with van der Waals surface area (Å²) in [4.78, 5) is 0. The predicted molar refractivity (Wildman–Crippen MR) is 122 cm³/mol. The van der Waals surface area contributed by atoms with Crippen molar-refractivity contribution in [2.24, 2.45) is 0 Å². The van der Waals surface area contributed by atoms with Crippen LogP contribution in [0.1, 0.15) is 23.6 Å². The van der Waals surface area contributed by atoms with Crippen LogP contribution in [-0.2, 0) is 38.8 Å². The number of rotatable bonds is 9. The van der Waals surface area contributed by atoms with Gasteiger partial charge in [0.25, 0.3) is 0 Å². The van der Waals surface area contributed by atoms with Crippen molar-refractivity contribution < 1.29 is 24.1 Å². The number of aliphatic hydroxyl groups is 1. The standard InChI is InChI=1S/C27H30O5/c1-20-24(29-17-21-11-5-2-6-12-21)25(30-18-22-13-7-3-8-14-22)26(27(28)32-20)31-19-23-15-9-4-10-16-23/h2-16,20,24-28H,17-19H2,1H3/t20-,24-,25+,26-,27?/m0/s1. The summed E-state index contributed by atoms with van der Waals surface area (Å²) in [7, 11) is 0. The summed E-state index contributed by atoms with van der Waals surface area (Å²) in [5.74, 6) is 0. The first kappa shape index (κ1) is 22.6. The molecule has 168 valence electrons. The predicted octanol–water partition coefficient (Wildman–Crippen LogP) is 4.48. The van der Waals surface area contributed by atoms with E-state index in [0.29, 0.717) is 19.8 Å². The second kappa shape index (κ2) is 11.4. The van der Waals surface area contributed by atoms with Crippen molar-refractivity contribution in [3.63, 3.8) is 0 Å². The molecule has 1 heterocycles. The molecule has 1 saturated heterocycles. The van der Waals surface area contributed by atoms with Gasteiger partial charge in [0.05, 0.1) is 25.9 Å². The van der Waals surface area contributed by atoms with Crippen molar-refractivity contribution in [2.75, 3.05) is 0 Å². The molecule has 0 aliphatic carbocycles. The van der Waals surface area contributed by atoms with E-state index in [1.54, 1.807) is 0 Å². The van der Waals surface area contributed by atoms with E-state index in [2.05, 4.69) is 0 Å². The van der Waals surface area contributed by atoms with E-state index >= 15 is 0 Å². The molecule has 3 aromatic rings. The van der Waals surface area contributed by atoms with Gasteiger partial charge in [0.15, 0.2) is 6.29 Å². The molecular formula is C27H30O5. The summed E-state index contributed by atoms with van der Waals surface area (Å²) in [6.45, 7) is 3.05. The molecule has 0 amide bonds. The zero-order chi connectivity index (χ0) is 22.2. The van der Waals surface area contributed by atoms with E-state index < -0.39 is 24.6 Å². The fraction of sp³-hybridized carbons (Fsp3) is 0.333. The van der Waals surface area contributed by atoms with Gasteiger partial charge in [-0.3, -0.25) is 0 Å². The zero-order valence-corrected chi connectivity index (χ0v) is 18.2. The molecule has 5 atom stereocenters. The third kappa shape index (κ3) is 6.03. The van der Waals surface area contributed by atoms with Gasteiger partial charge in [-0.15, -0.1) is 0 Å². The molecule has 0 aromatic heterocycles. The maximum absolute atomic E-state index is 10.7. The summed E-state index contributed by atoms with van der Waals surface area (Å²) in [5, 5.41) is 10.7. The van der Waals surface area contributed by atoms with Crippen LogP contribution in [0.15, 0.2) is 91.0 Å². The van der Waals surface area contributed by atoms with Crippen LogP contribution < -0.4 is 0 Å². The monoisotopic (exact) mass is 434 g/mol. The van der Waals surface area contributed by atoms with Crippen molar-refractivity contribution in [3.05, 3.63) is 108 Å². The smallest absolute Gasteiger partial charge is 0.184 e. The van der Waals surface area contributed by atoms with Crippen LogP contribution in [0.3, 0.4) is 0 Å². The lowest BCUT2D eigenvalue weighted by Crippen LogP contribution is -2.59. The molecule has 1 unspecified atom stereocenters. The molecule has 1 aliphatic rings. The molecule has 0 radical (unpaired) electrons. The molecule has 0 spiro atoms. The minimum absolute atomic E-state index is 0.344. The summed E-state index contributed by atoms with van der Waals surface area (Å²) >= 11 is 0. The van der Waals surface area contributed by atoms with E-state index in [0.717, 1.165) is 16.7 Å². The van der Waals surface area contributed by atoms with Gasteiger partial charge in [-0.1, -0.05) is 91.0 Å². The van der Waals surface area contributed by atoms with E-state index in [1.807, 2.05) is 97.9 Å². The Morgan fingerprint density at radius 1 is 0.594 bits per heavy atom. The molecule has 1 aliphatic heterocycles. The van der Waals surface area contributed by atoms with Crippen LogP contribution in [0.2, 0.25) is 0 Å². The molecule has 0 bridgehead atoms. The van der Waals surface area contributed by atoms with Crippen LogP contribution >= 0.6 is 0 Å². The highest BCUT2D eigenvalue weighted by molar-refractivity contribution is 5.15. The molecule has 0 saturated carbocycles. The summed E-state index contributed by atoms with van der Waals surface area (Å²) in [6, 6.07) is 29.8. The Labute approximate surface area is 189 Å². The lowest BCUT2D eigenvalue weighted by molar-refractivity contribution is -0.308. The molecule has 32 heavy (non-hydrogen) atoms. The lowest BCUT2D eigenvalue weighted by Gasteiger charge is -2.43. The fourth-order valence-corrected chi connectivity index (χ4v) is 3.89. The minimum atomic E-state index is -1.11. The highest BCUT2D eigenvalue weighted by Gasteiger charge is 2.46. The Balaban J connectivity index is 1.50. The van der Waals surface area contributed by atoms with E-state index in [-0.39, 0.29) is 6.10 Å². The third-order valence-electron chi connectivity index (χ3n) is 5.60. The van der Waals surface area contributed by atoms with E-state index in [9.17, 15) is 5.11 Å². The van der Waals surface area contributed by atoms with Crippen LogP contribution in [0.5, 0.6) is 0 Å². The summed E-state index contributed by atoms with van der Waals surface area (Å²) in [6.07, 6.45) is -3.04. The second-order valence-electron chi connectivity index (χ2n) is 8.02. The number of hydrogen-bond acceptors (Lipinski definition) is 5.